The van der Waals surface area contributed by atoms with Gasteiger partial charge < -0.3 is 4.74 Å². The van der Waals surface area contributed by atoms with Crippen molar-refractivity contribution >= 4 is 16.0 Å². The van der Waals surface area contributed by atoms with Crippen molar-refractivity contribution < 1.29 is 17.9 Å². The van der Waals surface area contributed by atoms with Gasteiger partial charge in [0.1, 0.15) is 11.6 Å². The zero-order chi connectivity index (χ0) is 11.0. The molecule has 0 aromatic heterocycles. The van der Waals surface area contributed by atoms with Gasteiger partial charge in [0.2, 0.25) is 10.0 Å². The van der Waals surface area contributed by atoms with Gasteiger partial charge in [-0.05, 0) is 27.2 Å². The second-order valence-electron chi connectivity index (χ2n) is 4.31. The molecule has 0 amide bonds. The van der Waals surface area contributed by atoms with Gasteiger partial charge in [0.25, 0.3) is 0 Å². The van der Waals surface area contributed by atoms with Crippen LogP contribution in [0.3, 0.4) is 0 Å². The predicted octanol–water partition coefficient (Wildman–Crippen LogP) is 0.0198. The van der Waals surface area contributed by atoms with Crippen LogP contribution in [0.1, 0.15) is 27.2 Å². The molecule has 1 aliphatic heterocycles. The average molecular weight is 221 g/mol. The lowest BCUT2D eigenvalue weighted by Crippen LogP contribution is -2.38. The summed E-state index contributed by atoms with van der Waals surface area (Å²) in [4.78, 5) is 11.4. The standard InChI is InChI=1S/C8H15NO4S/c1-8(2,3)13-7(10)6-4-5-14(11,12)9-6/h6,9H,4-5H2,1-3H3. The van der Waals surface area contributed by atoms with Gasteiger partial charge in [0.05, 0.1) is 5.75 Å². The first-order valence-corrected chi connectivity index (χ1v) is 6.08. The minimum absolute atomic E-state index is 0.00307. The van der Waals surface area contributed by atoms with Crippen LogP contribution >= 0.6 is 0 Å². The van der Waals surface area contributed by atoms with Crippen LogP contribution < -0.4 is 4.72 Å². The minimum Gasteiger partial charge on any atom is -0.459 e. The summed E-state index contributed by atoms with van der Waals surface area (Å²) in [6.45, 7) is 5.23. The summed E-state index contributed by atoms with van der Waals surface area (Å²) in [5, 5.41) is 0. The SMILES string of the molecule is CC(C)(C)OC(=O)C1CCS(=O)(=O)N1. The second-order valence-corrected chi connectivity index (χ2v) is 6.18. The van der Waals surface area contributed by atoms with Crippen LogP contribution in [0.5, 0.6) is 0 Å². The molecule has 82 valence electrons. The van der Waals surface area contributed by atoms with E-state index in [1.54, 1.807) is 20.8 Å². The number of hydrogen-bond acceptors (Lipinski definition) is 4. The van der Waals surface area contributed by atoms with Gasteiger partial charge in [0.15, 0.2) is 0 Å². The molecule has 1 heterocycles. The van der Waals surface area contributed by atoms with Crippen molar-refractivity contribution in [3.8, 4) is 0 Å². The maximum absolute atomic E-state index is 11.4. The lowest BCUT2D eigenvalue weighted by Gasteiger charge is -2.21. The topological polar surface area (TPSA) is 72.5 Å². The van der Waals surface area contributed by atoms with E-state index >= 15 is 0 Å². The van der Waals surface area contributed by atoms with E-state index < -0.39 is 27.6 Å². The van der Waals surface area contributed by atoms with Crippen molar-refractivity contribution in [3.05, 3.63) is 0 Å². The van der Waals surface area contributed by atoms with Crippen LogP contribution in [0, 0.1) is 0 Å². The molecule has 0 aromatic carbocycles. The normalized spacial score (nSPS) is 26.1. The van der Waals surface area contributed by atoms with E-state index in [9.17, 15) is 13.2 Å². The fourth-order valence-electron chi connectivity index (χ4n) is 1.15. The number of sulfonamides is 1. The second kappa shape index (κ2) is 3.51. The summed E-state index contributed by atoms with van der Waals surface area (Å²) >= 11 is 0. The third-order valence-corrected chi connectivity index (χ3v) is 3.11. The highest BCUT2D eigenvalue weighted by Gasteiger charge is 2.34. The highest BCUT2D eigenvalue weighted by molar-refractivity contribution is 7.89. The molecule has 0 aromatic rings. The van der Waals surface area contributed by atoms with Crippen LogP contribution in [0.4, 0.5) is 0 Å². The molecule has 1 rings (SSSR count). The van der Waals surface area contributed by atoms with E-state index in [2.05, 4.69) is 4.72 Å². The predicted molar refractivity (Wildman–Crippen MR) is 51.2 cm³/mol. The molecule has 1 fully saturated rings. The highest BCUT2D eigenvalue weighted by Crippen LogP contribution is 2.14. The van der Waals surface area contributed by atoms with Gasteiger partial charge in [-0.15, -0.1) is 0 Å². The lowest BCUT2D eigenvalue weighted by molar-refractivity contribution is -0.156. The van der Waals surface area contributed by atoms with Gasteiger partial charge in [-0.3, -0.25) is 4.79 Å². The molecule has 1 N–H and O–H groups in total. The number of esters is 1. The molecular formula is C8H15NO4S. The Morgan fingerprint density at radius 2 is 2.00 bits per heavy atom. The van der Waals surface area contributed by atoms with E-state index in [-0.39, 0.29) is 12.2 Å². The Hall–Kier alpha value is -0.620. The zero-order valence-corrected chi connectivity index (χ0v) is 9.35. The third-order valence-electron chi connectivity index (χ3n) is 1.69. The molecule has 0 saturated carbocycles. The van der Waals surface area contributed by atoms with E-state index in [1.807, 2.05) is 0 Å². The van der Waals surface area contributed by atoms with Gasteiger partial charge >= 0.3 is 5.97 Å². The van der Waals surface area contributed by atoms with Crippen LogP contribution in [0.15, 0.2) is 0 Å². The van der Waals surface area contributed by atoms with Gasteiger partial charge in [-0.2, -0.15) is 0 Å². The Kier molecular flexibility index (Phi) is 2.87. The third kappa shape index (κ3) is 3.26. The molecule has 1 saturated heterocycles. The molecule has 14 heavy (non-hydrogen) atoms. The first kappa shape index (κ1) is 11.5. The first-order chi connectivity index (χ1) is 6.20. The zero-order valence-electron chi connectivity index (χ0n) is 8.53. The van der Waals surface area contributed by atoms with Crippen molar-refractivity contribution in [2.24, 2.45) is 0 Å². The molecule has 0 aliphatic carbocycles. The summed E-state index contributed by atoms with van der Waals surface area (Å²) in [5.41, 5.74) is -0.578. The Morgan fingerprint density at radius 1 is 1.43 bits per heavy atom. The fraction of sp³-hybridized carbons (Fsp3) is 0.875. The molecule has 1 atom stereocenters. The molecule has 1 unspecified atom stereocenters. The molecule has 0 bridgehead atoms. The van der Waals surface area contributed by atoms with Crippen molar-refractivity contribution in [1.82, 2.24) is 4.72 Å². The van der Waals surface area contributed by atoms with E-state index in [0.717, 1.165) is 0 Å². The number of carbonyl (C=O) groups is 1. The summed E-state index contributed by atoms with van der Waals surface area (Å²) in [5.74, 6) is -0.504. The van der Waals surface area contributed by atoms with E-state index in [0.29, 0.717) is 0 Å². The smallest absolute Gasteiger partial charge is 0.324 e. The quantitative estimate of drug-likeness (QED) is 0.633. The number of carbonyl (C=O) groups excluding carboxylic acids is 1. The van der Waals surface area contributed by atoms with Gasteiger partial charge in [0, 0.05) is 0 Å². The maximum atomic E-state index is 11.4. The Morgan fingerprint density at radius 3 is 2.36 bits per heavy atom. The Bertz CT molecular complexity index is 328. The largest absolute Gasteiger partial charge is 0.459 e. The fourth-order valence-corrected chi connectivity index (χ4v) is 2.46. The van der Waals surface area contributed by atoms with E-state index in [4.69, 9.17) is 4.74 Å². The summed E-state index contributed by atoms with van der Waals surface area (Å²) < 4.78 is 29.3. The number of nitrogens with one attached hydrogen (secondary N) is 1. The van der Waals surface area contributed by atoms with Crippen LogP contribution in [0.25, 0.3) is 0 Å². The minimum atomic E-state index is -3.25. The maximum Gasteiger partial charge on any atom is 0.324 e. The van der Waals surface area contributed by atoms with Crippen molar-refractivity contribution in [2.75, 3.05) is 5.75 Å². The van der Waals surface area contributed by atoms with E-state index in [1.165, 1.54) is 0 Å². The molecule has 6 heteroatoms. The Labute approximate surface area is 83.9 Å². The molecule has 5 nitrogen and oxygen atoms in total. The van der Waals surface area contributed by atoms with Gasteiger partial charge in [-0.1, -0.05) is 0 Å². The molecule has 0 spiro atoms. The highest BCUT2D eigenvalue weighted by atomic mass is 32.2. The summed E-state index contributed by atoms with van der Waals surface area (Å²) in [7, 11) is -3.25. The van der Waals surface area contributed by atoms with Crippen molar-refractivity contribution in [3.63, 3.8) is 0 Å². The van der Waals surface area contributed by atoms with Gasteiger partial charge in [-0.25, -0.2) is 13.1 Å². The average Bonchev–Trinajstić information content (AvgIpc) is 2.26. The van der Waals surface area contributed by atoms with Crippen LogP contribution in [-0.2, 0) is 19.6 Å². The van der Waals surface area contributed by atoms with Crippen molar-refractivity contribution in [1.29, 1.82) is 0 Å². The summed E-state index contributed by atoms with van der Waals surface area (Å²) in [6, 6.07) is -0.709. The first-order valence-electron chi connectivity index (χ1n) is 4.42. The van der Waals surface area contributed by atoms with Crippen molar-refractivity contribution in [2.45, 2.75) is 38.8 Å². The number of hydrogen-bond donors (Lipinski definition) is 1. The molecular weight excluding hydrogens is 206 g/mol. The van der Waals surface area contributed by atoms with Crippen LogP contribution in [0.2, 0.25) is 0 Å². The number of ether oxygens (including phenoxy) is 1. The lowest BCUT2D eigenvalue weighted by atomic mass is 10.2. The monoisotopic (exact) mass is 221 g/mol. The molecule has 0 radical (unpaired) electrons. The van der Waals surface area contributed by atoms with Crippen LogP contribution in [-0.4, -0.2) is 31.8 Å². The Balaban J connectivity index is 2.57. The number of rotatable bonds is 1. The molecule has 1 aliphatic rings. The summed E-state index contributed by atoms with van der Waals surface area (Å²) in [6.07, 6.45) is 0.289.